The highest BCUT2D eigenvalue weighted by Crippen LogP contribution is 2.34. The van der Waals surface area contributed by atoms with Gasteiger partial charge in [-0.25, -0.2) is 0 Å². The van der Waals surface area contributed by atoms with Crippen molar-refractivity contribution in [3.63, 3.8) is 0 Å². The molecule has 0 radical (unpaired) electrons. The normalized spacial score (nSPS) is 14.7. The van der Waals surface area contributed by atoms with Gasteiger partial charge in [0.1, 0.15) is 0 Å². The molecule has 1 aromatic heterocycles. The van der Waals surface area contributed by atoms with Gasteiger partial charge in [0.2, 0.25) is 0 Å². The van der Waals surface area contributed by atoms with E-state index >= 15 is 0 Å². The predicted molar refractivity (Wildman–Crippen MR) is 80.6 cm³/mol. The van der Waals surface area contributed by atoms with E-state index in [2.05, 4.69) is 46.1 Å². The summed E-state index contributed by atoms with van der Waals surface area (Å²) in [7, 11) is 2.02. The van der Waals surface area contributed by atoms with Crippen LogP contribution in [0.5, 0.6) is 0 Å². The minimum absolute atomic E-state index is 1.13. The molecule has 1 aliphatic rings. The number of benzene rings is 1. The first-order valence-electron chi connectivity index (χ1n) is 6.09. The largest absolute Gasteiger partial charge is 0.387 e. The molecule has 0 unspecified atom stereocenters. The highest BCUT2D eigenvalue weighted by Gasteiger charge is 2.17. The highest BCUT2D eigenvalue weighted by molar-refractivity contribution is 14.1. The fourth-order valence-electron chi connectivity index (χ4n) is 2.70. The lowest BCUT2D eigenvalue weighted by atomic mass is 9.93. The zero-order chi connectivity index (χ0) is 11.8. The number of rotatable bonds is 1. The molecule has 0 atom stereocenters. The molecular formula is C14H15IN2. The van der Waals surface area contributed by atoms with Gasteiger partial charge in [0.15, 0.2) is 0 Å². The van der Waals surface area contributed by atoms with Gasteiger partial charge >= 0.3 is 0 Å². The zero-order valence-corrected chi connectivity index (χ0v) is 12.0. The van der Waals surface area contributed by atoms with Crippen LogP contribution in [0.3, 0.4) is 0 Å². The number of hydrogen-bond acceptors (Lipinski definition) is 2. The van der Waals surface area contributed by atoms with Crippen molar-refractivity contribution >= 4 is 39.2 Å². The molecule has 2 aromatic rings. The number of pyridine rings is 1. The molecule has 0 fully saturated rings. The lowest BCUT2D eigenvalue weighted by Gasteiger charge is -2.20. The van der Waals surface area contributed by atoms with Crippen molar-refractivity contribution in [2.24, 2.45) is 0 Å². The van der Waals surface area contributed by atoms with Crippen molar-refractivity contribution in [1.82, 2.24) is 4.98 Å². The van der Waals surface area contributed by atoms with Crippen LogP contribution in [0.4, 0.5) is 5.69 Å². The van der Waals surface area contributed by atoms with Crippen molar-refractivity contribution in [2.45, 2.75) is 25.7 Å². The third-order valence-electron chi connectivity index (χ3n) is 3.49. The lowest BCUT2D eigenvalue weighted by Crippen LogP contribution is -2.09. The monoisotopic (exact) mass is 338 g/mol. The van der Waals surface area contributed by atoms with Gasteiger partial charge in [0.05, 0.1) is 5.52 Å². The molecule has 1 aliphatic carbocycles. The Morgan fingerprint density at radius 2 is 2.06 bits per heavy atom. The maximum absolute atomic E-state index is 4.88. The van der Waals surface area contributed by atoms with Crippen molar-refractivity contribution < 1.29 is 0 Å². The molecule has 0 bridgehead atoms. The fraction of sp³-hybridized carbons (Fsp3) is 0.357. The predicted octanol–water partition coefficient (Wildman–Crippen LogP) is 3.76. The van der Waals surface area contributed by atoms with E-state index in [1.807, 2.05) is 7.05 Å². The molecule has 88 valence electrons. The number of nitrogens with zero attached hydrogens (tertiary/aromatic N) is 1. The number of aromatic nitrogens is 1. The van der Waals surface area contributed by atoms with Crippen LogP contribution in [0.25, 0.3) is 10.9 Å². The Balaban J connectivity index is 2.39. The SMILES string of the molecule is CNc1c2c(nc3c(I)cccc13)CCCC2. The van der Waals surface area contributed by atoms with Gasteiger partial charge in [-0.2, -0.15) is 0 Å². The van der Waals surface area contributed by atoms with Gasteiger partial charge in [-0.1, -0.05) is 12.1 Å². The van der Waals surface area contributed by atoms with Crippen molar-refractivity contribution in [3.05, 3.63) is 33.0 Å². The van der Waals surface area contributed by atoms with Crippen molar-refractivity contribution in [2.75, 3.05) is 12.4 Å². The number of aryl methyl sites for hydroxylation is 1. The Kier molecular flexibility index (Phi) is 2.94. The maximum atomic E-state index is 4.88. The third kappa shape index (κ3) is 1.80. The summed E-state index contributed by atoms with van der Waals surface area (Å²) >= 11 is 2.38. The van der Waals surface area contributed by atoms with E-state index in [1.54, 1.807) is 0 Å². The van der Waals surface area contributed by atoms with Crippen LogP contribution in [-0.2, 0) is 12.8 Å². The van der Waals surface area contributed by atoms with E-state index in [9.17, 15) is 0 Å². The summed E-state index contributed by atoms with van der Waals surface area (Å²) in [4.78, 5) is 4.88. The first kappa shape index (κ1) is 11.3. The molecule has 1 N–H and O–H groups in total. The summed E-state index contributed by atoms with van der Waals surface area (Å²) in [5.74, 6) is 0. The minimum Gasteiger partial charge on any atom is -0.387 e. The van der Waals surface area contributed by atoms with E-state index in [-0.39, 0.29) is 0 Å². The van der Waals surface area contributed by atoms with E-state index < -0.39 is 0 Å². The molecule has 1 heterocycles. The average molecular weight is 338 g/mol. The molecule has 2 nitrogen and oxygen atoms in total. The van der Waals surface area contributed by atoms with Gasteiger partial charge in [0, 0.05) is 27.4 Å². The second-order valence-corrected chi connectivity index (χ2v) is 5.67. The van der Waals surface area contributed by atoms with E-state index in [1.165, 1.54) is 45.2 Å². The number of halogens is 1. The van der Waals surface area contributed by atoms with Gasteiger partial charge in [0.25, 0.3) is 0 Å². The molecule has 0 saturated carbocycles. The molecule has 3 heteroatoms. The Morgan fingerprint density at radius 3 is 2.88 bits per heavy atom. The molecule has 0 aliphatic heterocycles. The number of hydrogen-bond donors (Lipinski definition) is 1. The summed E-state index contributed by atoms with van der Waals surface area (Å²) < 4.78 is 1.24. The van der Waals surface area contributed by atoms with E-state index in [4.69, 9.17) is 4.98 Å². The summed E-state index contributed by atoms with van der Waals surface area (Å²) in [6, 6.07) is 6.41. The molecule has 1 aromatic carbocycles. The quantitative estimate of drug-likeness (QED) is 0.801. The number of para-hydroxylation sites is 1. The van der Waals surface area contributed by atoms with Crippen molar-refractivity contribution in [1.29, 1.82) is 0 Å². The highest BCUT2D eigenvalue weighted by atomic mass is 127. The maximum Gasteiger partial charge on any atom is 0.0859 e. The number of nitrogens with one attached hydrogen (secondary N) is 1. The minimum atomic E-state index is 1.13. The molecular weight excluding hydrogens is 323 g/mol. The summed E-state index contributed by atoms with van der Waals surface area (Å²) in [5, 5.41) is 4.65. The smallest absolute Gasteiger partial charge is 0.0859 e. The van der Waals surface area contributed by atoms with Gasteiger partial charge in [-0.05, 0) is 59.9 Å². The van der Waals surface area contributed by atoms with Crippen molar-refractivity contribution in [3.8, 4) is 0 Å². The average Bonchev–Trinajstić information content (AvgIpc) is 2.37. The van der Waals surface area contributed by atoms with E-state index in [0.717, 1.165) is 11.9 Å². The standard InChI is InChI=1S/C14H15IN2/c1-16-13-9-5-2-3-8-12(9)17-14-10(13)6-4-7-11(14)15/h4,6-7H,2-3,5,8H2,1H3,(H,16,17). The topological polar surface area (TPSA) is 24.9 Å². The van der Waals surface area contributed by atoms with Crippen LogP contribution in [-0.4, -0.2) is 12.0 Å². The van der Waals surface area contributed by atoms with Gasteiger partial charge in [-0.3, -0.25) is 4.98 Å². The Bertz CT molecular complexity index is 578. The molecule has 17 heavy (non-hydrogen) atoms. The molecule has 0 saturated heterocycles. The molecule has 0 spiro atoms. The van der Waals surface area contributed by atoms with Gasteiger partial charge < -0.3 is 5.32 Å². The summed E-state index contributed by atoms with van der Waals surface area (Å²) in [6.07, 6.45) is 4.86. The zero-order valence-electron chi connectivity index (χ0n) is 9.89. The third-order valence-corrected chi connectivity index (χ3v) is 4.36. The van der Waals surface area contributed by atoms with Crippen LogP contribution in [0.2, 0.25) is 0 Å². The molecule has 3 rings (SSSR count). The van der Waals surface area contributed by atoms with Crippen LogP contribution in [0.1, 0.15) is 24.1 Å². The van der Waals surface area contributed by atoms with Gasteiger partial charge in [-0.15, -0.1) is 0 Å². The van der Waals surface area contributed by atoms with Crippen LogP contribution in [0, 0.1) is 3.57 Å². The molecule has 0 amide bonds. The van der Waals surface area contributed by atoms with Crippen LogP contribution >= 0.6 is 22.6 Å². The second-order valence-electron chi connectivity index (χ2n) is 4.51. The number of fused-ring (bicyclic) bond motifs is 2. The summed E-state index contributed by atoms with van der Waals surface area (Å²) in [6.45, 7) is 0. The Morgan fingerprint density at radius 1 is 1.24 bits per heavy atom. The lowest BCUT2D eigenvalue weighted by molar-refractivity contribution is 0.672. The number of anilines is 1. The van der Waals surface area contributed by atoms with Crippen LogP contribution in [0.15, 0.2) is 18.2 Å². The Labute approximate surface area is 115 Å². The fourth-order valence-corrected chi connectivity index (χ4v) is 3.31. The van der Waals surface area contributed by atoms with Crippen LogP contribution < -0.4 is 5.32 Å². The van der Waals surface area contributed by atoms with E-state index in [0.29, 0.717) is 0 Å². The second kappa shape index (κ2) is 4.44. The Hall–Kier alpha value is -0.840. The summed E-state index contributed by atoms with van der Waals surface area (Å²) in [5.41, 5.74) is 5.19. The first-order chi connectivity index (χ1) is 8.31. The first-order valence-corrected chi connectivity index (χ1v) is 7.17.